The number of piperazine rings is 2. The summed E-state index contributed by atoms with van der Waals surface area (Å²) < 4.78 is 11.0. The van der Waals surface area contributed by atoms with Crippen molar-refractivity contribution in [2.75, 3.05) is 242 Å². The number of tetrazole rings is 1. The van der Waals surface area contributed by atoms with Gasteiger partial charge in [-0.15, -0.1) is 5.10 Å². The number of likely N-dealkylation sites (N-methyl/N-ethyl adjacent to an activating group) is 1. The maximum Gasteiger partial charge on any atom is 0.200 e. The number of imidazole rings is 2. The summed E-state index contributed by atoms with van der Waals surface area (Å²) in [5.41, 5.74) is 10.7. The van der Waals surface area contributed by atoms with Gasteiger partial charge in [-0.1, -0.05) is 194 Å². The van der Waals surface area contributed by atoms with Crippen molar-refractivity contribution in [1.29, 1.82) is 0 Å². The Morgan fingerprint density at radius 3 is 1.11 bits per heavy atom. The third-order valence-corrected chi connectivity index (χ3v) is 19.1. The Hall–Kier alpha value is -2.88. The fourth-order valence-corrected chi connectivity index (χ4v) is 14.2. The van der Waals surface area contributed by atoms with Gasteiger partial charge in [0, 0.05) is 180 Å². The monoisotopic (exact) mass is 1650 g/mol. The molecule has 7 saturated heterocycles. The highest BCUT2D eigenvalue weighted by Crippen LogP contribution is 2.14. The molecule has 0 atom stereocenters. The lowest BCUT2D eigenvalue weighted by Crippen LogP contribution is -2.45. The van der Waals surface area contributed by atoms with Crippen LogP contribution in [0.3, 0.4) is 0 Å². The quantitative estimate of drug-likeness (QED) is 0.0625. The van der Waals surface area contributed by atoms with Crippen LogP contribution in [-0.2, 0) is 24.4 Å². The molecule has 115 heavy (non-hydrogen) atoms. The third kappa shape index (κ3) is 84.5. The van der Waals surface area contributed by atoms with Crippen molar-refractivity contribution in [3.63, 3.8) is 0 Å². The normalized spacial score (nSPS) is 17.2. The van der Waals surface area contributed by atoms with Crippen LogP contribution in [0, 0.1) is 76.9 Å². The van der Waals surface area contributed by atoms with Crippen LogP contribution in [0.4, 0.5) is 5.95 Å². The fraction of sp³-hybridized carbons (Fsp3) is 0.924. The van der Waals surface area contributed by atoms with E-state index in [9.17, 15) is 0 Å². The molecule has 0 unspecified atom stereocenters. The molecular formula is C92H201N21OS. The number of thioether (sulfide) groups is 1. The number of anilines is 1. The summed E-state index contributed by atoms with van der Waals surface area (Å²) in [6.07, 6.45) is 19.5. The van der Waals surface area contributed by atoms with Crippen LogP contribution in [0.2, 0.25) is 0 Å². The summed E-state index contributed by atoms with van der Waals surface area (Å²) in [5.74, 6) is 13.3. The number of morpholine rings is 1. The Labute approximate surface area is 720 Å². The molecule has 7 aliphatic rings. The molecule has 3 aromatic rings. The van der Waals surface area contributed by atoms with Gasteiger partial charge in [-0.3, -0.25) is 4.90 Å². The second-order valence-corrected chi connectivity index (χ2v) is 39.6. The average Bonchev–Trinajstić information content (AvgIpc) is 1.77. The van der Waals surface area contributed by atoms with E-state index in [1.54, 1.807) is 17.2 Å². The van der Waals surface area contributed by atoms with Gasteiger partial charge in [-0.25, -0.2) is 14.6 Å². The summed E-state index contributed by atoms with van der Waals surface area (Å²) in [7, 11) is 8.37. The van der Waals surface area contributed by atoms with Gasteiger partial charge >= 0.3 is 0 Å². The Morgan fingerprint density at radius 2 is 0.817 bits per heavy atom. The lowest BCUT2D eigenvalue weighted by atomic mass is 10.1. The van der Waals surface area contributed by atoms with Gasteiger partial charge in [0.05, 0.1) is 19.5 Å². The van der Waals surface area contributed by atoms with Crippen molar-refractivity contribution in [3.05, 3.63) is 37.4 Å². The summed E-state index contributed by atoms with van der Waals surface area (Å²) in [6.45, 7) is 97.6. The van der Waals surface area contributed by atoms with Crippen LogP contribution in [0.1, 0.15) is 226 Å². The molecule has 3 aromatic heterocycles. The highest BCUT2D eigenvalue weighted by atomic mass is 32.2. The van der Waals surface area contributed by atoms with E-state index in [2.05, 4.69) is 298 Å². The van der Waals surface area contributed by atoms with Crippen molar-refractivity contribution < 1.29 is 4.74 Å². The highest BCUT2D eigenvalue weighted by Gasteiger charge is 2.18. The van der Waals surface area contributed by atoms with Gasteiger partial charge in [0.25, 0.3) is 0 Å². The first-order valence-corrected chi connectivity index (χ1v) is 47.0. The van der Waals surface area contributed by atoms with E-state index in [0.717, 1.165) is 112 Å². The molecular weight excluding hydrogens is 1450 g/mol. The number of rotatable bonds is 25. The molecule has 7 fully saturated rings. The van der Waals surface area contributed by atoms with Gasteiger partial charge in [0.15, 0.2) is 5.95 Å². The maximum atomic E-state index is 5.54. The Morgan fingerprint density at radius 1 is 0.435 bits per heavy atom. The van der Waals surface area contributed by atoms with E-state index < -0.39 is 0 Å². The number of likely N-dealkylation sites (tertiary alicyclic amines) is 3. The first-order valence-electron chi connectivity index (χ1n) is 45.9. The average molecular weight is 1650 g/mol. The number of hydrogen-bond acceptors (Lipinski definition) is 20. The predicted octanol–water partition coefficient (Wildman–Crippen LogP) is 15.6. The number of ether oxygens (including phenoxy) is 1. The van der Waals surface area contributed by atoms with Gasteiger partial charge in [0.1, 0.15) is 6.33 Å². The van der Waals surface area contributed by atoms with Crippen LogP contribution < -0.4 is 22.1 Å². The van der Waals surface area contributed by atoms with Crippen LogP contribution in [0.15, 0.2) is 37.4 Å². The predicted molar refractivity (Wildman–Crippen MR) is 509 cm³/mol. The molecule has 22 nitrogen and oxygen atoms in total. The number of nitrogens with zero attached hydrogens (tertiary/aromatic N) is 17. The molecule has 0 aliphatic carbocycles. The second kappa shape index (κ2) is 78.4. The van der Waals surface area contributed by atoms with E-state index in [1.165, 1.54) is 207 Å². The molecule has 10 rings (SSSR count). The van der Waals surface area contributed by atoms with Gasteiger partial charge in [0.2, 0.25) is 0 Å². The van der Waals surface area contributed by atoms with Gasteiger partial charge in [-0.05, 0) is 207 Å². The number of aromatic nitrogens is 8. The lowest BCUT2D eigenvalue weighted by Gasteiger charge is -2.33. The molecule has 0 spiro atoms. The van der Waals surface area contributed by atoms with Crippen molar-refractivity contribution in [2.24, 2.45) is 82.7 Å². The molecule has 7 aliphatic heterocycles. The van der Waals surface area contributed by atoms with Gasteiger partial charge < -0.3 is 75.2 Å². The van der Waals surface area contributed by atoms with Gasteiger partial charge in [-0.2, -0.15) is 11.8 Å². The minimum atomic E-state index is 0. The number of nitrogens with one attached hydrogen (secondary N) is 2. The molecule has 23 heteroatoms. The summed E-state index contributed by atoms with van der Waals surface area (Å²) in [5, 5.41) is 17.1. The number of piperidine rings is 1. The second-order valence-electron chi connectivity index (χ2n) is 38.4. The number of nitrogens with two attached hydrogens (primary N) is 2. The van der Waals surface area contributed by atoms with Crippen LogP contribution in [-0.4, -0.2) is 320 Å². The molecule has 0 bridgehead atoms. The minimum absolute atomic E-state index is 0. The highest BCUT2D eigenvalue weighted by molar-refractivity contribution is 7.99. The Balaban J connectivity index is -0.000000582. The zero-order valence-corrected chi connectivity index (χ0v) is 81.9. The van der Waals surface area contributed by atoms with Crippen LogP contribution in [0.5, 0.6) is 0 Å². The number of hydrogen-bond donors (Lipinski definition) is 4. The molecule has 0 radical (unpaired) electrons. The molecule has 6 N–H and O–H groups in total. The fourth-order valence-electron chi connectivity index (χ4n) is 13.3. The van der Waals surface area contributed by atoms with E-state index in [-0.39, 0.29) is 7.43 Å². The molecule has 10 heterocycles. The van der Waals surface area contributed by atoms with E-state index in [0.29, 0.717) is 29.6 Å². The largest absolute Gasteiger partial charge is 0.379 e. The summed E-state index contributed by atoms with van der Waals surface area (Å²) in [4.78, 5) is 30.2. The first-order chi connectivity index (χ1) is 53.8. The molecule has 0 saturated carbocycles. The summed E-state index contributed by atoms with van der Waals surface area (Å²) >= 11 is 2.08. The van der Waals surface area contributed by atoms with Crippen molar-refractivity contribution in [1.82, 2.24) is 94.0 Å². The van der Waals surface area contributed by atoms with Crippen molar-refractivity contribution in [3.8, 4) is 0 Å². The van der Waals surface area contributed by atoms with E-state index in [4.69, 9.17) is 16.2 Å². The SMILES string of the molecule is C.CC(C)CN.CC(C)CN(C)C.CC(C)CN1CCC1.CC(C)CN1CCCC1.CC(C)CN1CCCCC1.CC(C)CN1CCN(C)CC1.CC(C)CN1CCNCC1.CC(C)CN1CCOCC1.CC(C)CN1CCSCC1.CC(C)Cn1ccnc1.CC(C)Cn1ccnc1N.CC(C)Cn1cnnn1.CNCC(C)C. The van der Waals surface area contributed by atoms with Crippen molar-refractivity contribution in [2.45, 2.75) is 246 Å². The maximum absolute atomic E-state index is 5.54. The van der Waals surface area contributed by atoms with E-state index >= 15 is 0 Å². The zero-order valence-electron chi connectivity index (χ0n) is 81.0. The standard InChI is InChI=1S/C9H20N2.C9H19N.C8H18N2.C8H17NO.C8H17NS.C8H17N.C7H13N3.C7H12N2.C7H15N.C6H15N.C5H10N4.C5H13N.C4H11N.CH4/c1-9(2)8-11-6-4-10(3)5-7-11;1-9(2)8-10-6-4-3-5-7-10;1-8(2)7-10-5-3-9-4-6-10;2*1-8(2)7-9-3-5-10-6-4-9;1-8(2)7-9-5-3-4-6-9;1-6(2)5-10-4-3-9-7(10)8;1-7(2)5-9-4-3-8-6-9;1-7(2)6-8-4-3-5-8;1-6(2)5-7(3)4;1-5(2)3-9-4-6-7-8-9;1-5(2)4-6-3;1-4(2)3-5;/h9H,4-8H2,1-3H3;9H,3-8H2,1-2H3;8-9H,3-7H2,1-2H3;2*8H,3-7H2,1-2H3;8H,3-7H2,1-2H3;3-4,6H,5H2,1-2H3,(H2,8,9);3-4,6-7H,5H2,1-2H3;7H,3-6H2,1-2H3;6H,5H2,1-4H3;4-5H,3H2,1-2H3;5-6H,4H2,1-3H3;4H,3,5H2,1-2H3;1H4. The molecule has 0 aromatic carbocycles. The Bertz CT molecular complexity index is 2200. The van der Waals surface area contributed by atoms with Crippen molar-refractivity contribution >= 4 is 17.7 Å². The number of nitrogen functional groups attached to an aromatic ring is 1. The van der Waals surface area contributed by atoms with Crippen LogP contribution >= 0.6 is 11.8 Å². The molecule has 686 valence electrons. The lowest BCUT2D eigenvalue weighted by molar-refractivity contribution is 0.0329. The minimum Gasteiger partial charge on any atom is -0.379 e. The zero-order chi connectivity index (χ0) is 86.6. The van der Waals surface area contributed by atoms with Crippen LogP contribution in [0.25, 0.3) is 0 Å². The smallest absolute Gasteiger partial charge is 0.200 e. The molecule has 0 amide bonds. The first kappa shape index (κ1) is 118. The van der Waals surface area contributed by atoms with E-state index in [1.807, 2.05) is 36.5 Å². The summed E-state index contributed by atoms with van der Waals surface area (Å²) in [6, 6.07) is 0. The topological polar surface area (TPSA) is 194 Å². The Kier molecular flexibility index (Phi) is 80.7. The third-order valence-electron chi connectivity index (χ3n) is 18.2.